The first-order chi connectivity index (χ1) is 11.7. The molecule has 0 unspecified atom stereocenters. The Bertz CT molecular complexity index is 837. The van der Waals surface area contributed by atoms with E-state index in [4.69, 9.17) is 4.74 Å². The van der Waals surface area contributed by atoms with Gasteiger partial charge in [0.1, 0.15) is 16.6 Å². The van der Waals surface area contributed by atoms with Gasteiger partial charge in [0.05, 0.1) is 13.7 Å². The summed E-state index contributed by atoms with van der Waals surface area (Å²) in [5.41, 5.74) is 2.36. The molecule has 2 aromatic heterocycles. The van der Waals surface area contributed by atoms with Crippen LogP contribution in [-0.2, 0) is 16.1 Å². The lowest BCUT2D eigenvalue weighted by atomic mass is 10.2. The number of methoxy groups -OCH3 is 1. The fourth-order valence-electron chi connectivity index (χ4n) is 2.28. The Hall–Kier alpha value is -2.48. The first kappa shape index (κ1) is 16.4. The summed E-state index contributed by atoms with van der Waals surface area (Å²) in [7, 11) is 1.39. The van der Waals surface area contributed by atoms with Crippen molar-refractivity contribution in [1.29, 1.82) is 0 Å². The lowest BCUT2D eigenvalue weighted by molar-refractivity contribution is -0.140. The minimum Gasteiger partial charge on any atom is -0.468 e. The van der Waals surface area contributed by atoms with E-state index in [-0.39, 0.29) is 11.2 Å². The van der Waals surface area contributed by atoms with E-state index in [2.05, 4.69) is 20.3 Å². The summed E-state index contributed by atoms with van der Waals surface area (Å²) in [6.45, 7) is 2.51. The van der Waals surface area contributed by atoms with Gasteiger partial charge in [-0.15, -0.1) is 5.10 Å². The zero-order valence-electron chi connectivity index (χ0n) is 13.4. The van der Waals surface area contributed by atoms with Crippen LogP contribution in [0.25, 0.3) is 11.2 Å². The van der Waals surface area contributed by atoms with Crippen LogP contribution < -0.4 is 0 Å². The van der Waals surface area contributed by atoms with Crippen LogP contribution in [0.5, 0.6) is 0 Å². The third-order valence-electron chi connectivity index (χ3n) is 3.53. The molecule has 0 amide bonds. The van der Waals surface area contributed by atoms with Crippen LogP contribution in [0.1, 0.15) is 18.9 Å². The van der Waals surface area contributed by atoms with E-state index in [1.807, 2.05) is 37.3 Å². The summed E-state index contributed by atoms with van der Waals surface area (Å²) in [4.78, 5) is 20.4. The number of ether oxygens (including phenoxy) is 1. The molecule has 24 heavy (non-hydrogen) atoms. The van der Waals surface area contributed by atoms with Crippen molar-refractivity contribution in [3.05, 3.63) is 42.2 Å². The molecule has 0 aliphatic heterocycles. The maximum atomic E-state index is 11.8. The zero-order valence-corrected chi connectivity index (χ0v) is 14.2. The van der Waals surface area contributed by atoms with Crippen LogP contribution in [-0.4, -0.2) is 43.3 Å². The summed E-state index contributed by atoms with van der Waals surface area (Å²) in [5.74, 6) is -0.272. The maximum absolute atomic E-state index is 11.8. The minimum atomic E-state index is -0.327. The Kier molecular flexibility index (Phi) is 5.05. The Labute approximate surface area is 143 Å². The molecule has 0 radical (unpaired) electrons. The number of carbonyl (C=O) groups excluding carboxylic acids is 1. The van der Waals surface area contributed by atoms with Crippen molar-refractivity contribution < 1.29 is 9.53 Å². The number of nitrogens with zero attached hydrogens (tertiary/aromatic N) is 5. The van der Waals surface area contributed by atoms with E-state index in [0.717, 1.165) is 5.56 Å². The highest BCUT2D eigenvalue weighted by Gasteiger charge is 2.22. The molecule has 124 valence electrons. The van der Waals surface area contributed by atoms with E-state index in [1.54, 1.807) is 4.68 Å². The molecule has 0 saturated carbocycles. The predicted molar refractivity (Wildman–Crippen MR) is 90.6 cm³/mol. The van der Waals surface area contributed by atoms with E-state index >= 15 is 0 Å². The van der Waals surface area contributed by atoms with Gasteiger partial charge in [0.15, 0.2) is 11.2 Å². The van der Waals surface area contributed by atoms with Gasteiger partial charge in [0.25, 0.3) is 0 Å². The first-order valence-electron chi connectivity index (χ1n) is 7.55. The second-order valence-electron chi connectivity index (χ2n) is 5.12. The van der Waals surface area contributed by atoms with Gasteiger partial charge in [0, 0.05) is 0 Å². The number of rotatable bonds is 6. The molecule has 0 aliphatic rings. The lowest BCUT2D eigenvalue weighted by Gasteiger charge is -2.11. The molecule has 2 heterocycles. The number of aromatic nitrogens is 5. The number of hydrogen-bond acceptors (Lipinski definition) is 7. The highest BCUT2D eigenvalue weighted by atomic mass is 32.2. The summed E-state index contributed by atoms with van der Waals surface area (Å²) in [6.07, 6.45) is 2.11. The zero-order chi connectivity index (χ0) is 16.9. The Morgan fingerprint density at radius 2 is 2.08 bits per heavy atom. The molecular formula is C16H17N5O2S. The smallest absolute Gasteiger partial charge is 0.319 e. The van der Waals surface area contributed by atoms with Gasteiger partial charge in [-0.05, 0) is 12.0 Å². The summed E-state index contributed by atoms with van der Waals surface area (Å²) in [6, 6.07) is 9.97. The Balaban J connectivity index is 1.90. The largest absolute Gasteiger partial charge is 0.468 e. The number of hydrogen-bond donors (Lipinski definition) is 0. The van der Waals surface area contributed by atoms with Crippen LogP contribution in [0, 0.1) is 0 Å². The minimum absolute atomic E-state index is 0.272. The molecule has 8 heteroatoms. The second kappa shape index (κ2) is 7.39. The monoisotopic (exact) mass is 343 g/mol. The molecular weight excluding hydrogens is 326 g/mol. The topological polar surface area (TPSA) is 82.8 Å². The molecule has 3 rings (SSSR count). The molecule has 0 fully saturated rings. The molecule has 0 N–H and O–H groups in total. The van der Waals surface area contributed by atoms with Gasteiger partial charge in [0.2, 0.25) is 0 Å². The van der Waals surface area contributed by atoms with Gasteiger partial charge >= 0.3 is 5.97 Å². The van der Waals surface area contributed by atoms with Crippen molar-refractivity contribution in [2.45, 2.75) is 30.2 Å². The fourth-order valence-corrected chi connectivity index (χ4v) is 3.27. The molecule has 0 aliphatic carbocycles. The first-order valence-corrected chi connectivity index (χ1v) is 8.43. The van der Waals surface area contributed by atoms with Crippen molar-refractivity contribution in [1.82, 2.24) is 25.0 Å². The second-order valence-corrected chi connectivity index (χ2v) is 6.31. The van der Waals surface area contributed by atoms with Gasteiger partial charge in [-0.3, -0.25) is 4.79 Å². The molecule has 1 atom stereocenters. The number of benzene rings is 1. The van der Waals surface area contributed by atoms with Crippen molar-refractivity contribution in [3.63, 3.8) is 0 Å². The normalized spacial score (nSPS) is 12.2. The number of carbonyl (C=O) groups is 1. The van der Waals surface area contributed by atoms with E-state index in [1.165, 1.54) is 25.2 Å². The van der Waals surface area contributed by atoms with Gasteiger partial charge in [-0.25, -0.2) is 14.6 Å². The molecule has 3 aromatic rings. The molecule has 1 aromatic carbocycles. The Morgan fingerprint density at radius 1 is 1.29 bits per heavy atom. The quantitative estimate of drug-likeness (QED) is 0.386. The van der Waals surface area contributed by atoms with Crippen molar-refractivity contribution in [3.8, 4) is 0 Å². The lowest BCUT2D eigenvalue weighted by Crippen LogP contribution is -2.17. The van der Waals surface area contributed by atoms with Crippen molar-refractivity contribution in [2.24, 2.45) is 0 Å². The summed E-state index contributed by atoms with van der Waals surface area (Å²) >= 11 is 1.33. The number of fused-ring (bicyclic) bond motifs is 1. The molecule has 0 bridgehead atoms. The fraction of sp³-hybridized carbons (Fsp3) is 0.312. The van der Waals surface area contributed by atoms with Crippen molar-refractivity contribution >= 4 is 28.9 Å². The van der Waals surface area contributed by atoms with E-state index in [0.29, 0.717) is 29.2 Å². The molecule has 7 nitrogen and oxygen atoms in total. The molecule has 0 saturated heterocycles. The van der Waals surface area contributed by atoms with Gasteiger partial charge in [-0.1, -0.05) is 54.2 Å². The molecule has 0 spiro atoms. The number of esters is 1. The number of thioether (sulfide) groups is 1. The summed E-state index contributed by atoms with van der Waals surface area (Å²) < 4.78 is 6.56. The summed E-state index contributed by atoms with van der Waals surface area (Å²) in [5, 5.41) is 8.70. The van der Waals surface area contributed by atoms with Gasteiger partial charge in [-0.2, -0.15) is 0 Å². The van der Waals surface area contributed by atoms with Gasteiger partial charge < -0.3 is 4.74 Å². The third kappa shape index (κ3) is 3.38. The Morgan fingerprint density at radius 3 is 2.79 bits per heavy atom. The van der Waals surface area contributed by atoms with Crippen molar-refractivity contribution in [2.75, 3.05) is 7.11 Å². The van der Waals surface area contributed by atoms with E-state index in [9.17, 15) is 4.79 Å². The standard InChI is InChI=1S/C16H17N5O2S/c1-3-12(16(22)23-2)24-15-13-14(17-10-18-15)21(20-19-13)9-11-7-5-4-6-8-11/h4-8,10,12H,3,9H2,1-2H3/t12-/m0/s1. The van der Waals surface area contributed by atoms with Crippen LogP contribution in [0.3, 0.4) is 0 Å². The highest BCUT2D eigenvalue weighted by Crippen LogP contribution is 2.28. The van der Waals surface area contributed by atoms with Crippen LogP contribution in [0.15, 0.2) is 41.7 Å². The van der Waals surface area contributed by atoms with Crippen LogP contribution in [0.4, 0.5) is 0 Å². The average Bonchev–Trinajstić information content (AvgIpc) is 3.03. The van der Waals surface area contributed by atoms with E-state index < -0.39 is 0 Å². The SMILES string of the molecule is CC[C@H](Sc1ncnc2c1nnn2Cc1ccccc1)C(=O)OC. The third-order valence-corrected chi connectivity index (χ3v) is 4.86. The maximum Gasteiger partial charge on any atom is 0.319 e. The van der Waals surface area contributed by atoms with Crippen LogP contribution >= 0.6 is 11.8 Å². The average molecular weight is 343 g/mol. The predicted octanol–water partition coefficient (Wildman–Crippen LogP) is 2.31. The van der Waals surface area contributed by atoms with Crippen LogP contribution in [0.2, 0.25) is 0 Å². The highest BCUT2D eigenvalue weighted by molar-refractivity contribution is 8.00.